The number of amides is 1. The molecule has 1 aromatic carbocycles. The third kappa shape index (κ3) is 8.63. The Kier molecular flexibility index (Phi) is 15.1. The van der Waals surface area contributed by atoms with Gasteiger partial charge >= 0.3 is 0 Å². The molecule has 1 aromatic rings. The van der Waals surface area contributed by atoms with Gasteiger partial charge in [-0.2, -0.15) is 0 Å². The van der Waals surface area contributed by atoms with Crippen molar-refractivity contribution in [3.05, 3.63) is 36.4 Å². The van der Waals surface area contributed by atoms with Crippen molar-refractivity contribution in [2.75, 3.05) is 19.0 Å². The lowest BCUT2D eigenvalue weighted by molar-refractivity contribution is -0.393. The largest absolute Gasteiger partial charge is 0.497 e. The van der Waals surface area contributed by atoms with E-state index in [1.807, 2.05) is 24.3 Å². The second-order valence-corrected chi connectivity index (χ2v) is 24.8. The highest BCUT2D eigenvalue weighted by Gasteiger charge is 2.72. The molecule has 3 saturated heterocycles. The fourth-order valence-electron chi connectivity index (χ4n) is 16.9. The maximum atomic E-state index is 14.8. The van der Waals surface area contributed by atoms with Crippen molar-refractivity contribution in [1.29, 1.82) is 0 Å². The zero-order valence-electron chi connectivity index (χ0n) is 43.8. The van der Waals surface area contributed by atoms with Crippen LogP contribution in [0.15, 0.2) is 36.4 Å². The summed E-state index contributed by atoms with van der Waals surface area (Å²) in [6.45, 7) is 21.1. The number of allylic oxidation sites excluding steroid dienone is 1. The van der Waals surface area contributed by atoms with Crippen LogP contribution in [0.2, 0.25) is 0 Å². The number of rotatable bonds is 11. The Labute approximate surface area is 424 Å². The number of fused-ring (bicyclic) bond motifs is 7. The van der Waals surface area contributed by atoms with Crippen molar-refractivity contribution in [2.45, 2.75) is 218 Å². The number of hydrogen-bond donors (Lipinski definition) is 9. The molecule has 72 heavy (non-hydrogen) atoms. The average molecular weight is 1020 g/mol. The lowest BCUT2D eigenvalue weighted by Crippen LogP contribution is -2.68. The minimum Gasteiger partial charge on any atom is -0.497 e. The standard InChI is InChI=1S/C55H85NO16/c1-26(2)31-16-21-55(50(65)56-29-12-11-13-30(24-29)66-10)23-22-53(8)32(37(31)55)14-15-35-52(7)19-18-36(51(5,6)34(52)17-20-54(35,53)9)70-49-46(72-48-43(63)41(61)39(59)28(4)68-48)44(64)45(33(25-57)69-49)71-47-42(62)40(60)38(58)27(3)67-47/h11-13,24,27-28,31-49,57-64H,1,14-23,25H2,2-10H3,(H,56,65)/t27-,28-,31-,32+,33+,34-,35+,36-,37+,38-,39-,40+,41+,42+,43+,44-,45+,46+,47-,48-,49-,52-,53+,54+,55-/m0/s1. The summed E-state index contributed by atoms with van der Waals surface area (Å²) in [5.41, 5.74) is 0.849. The van der Waals surface area contributed by atoms with Crippen LogP contribution < -0.4 is 10.1 Å². The maximum Gasteiger partial charge on any atom is 0.230 e. The molecule has 5 saturated carbocycles. The van der Waals surface area contributed by atoms with Crippen LogP contribution in [-0.2, 0) is 33.2 Å². The Bertz CT molecular complexity index is 2130. The highest BCUT2D eigenvalue weighted by Crippen LogP contribution is 2.78. The molecule has 8 fully saturated rings. The van der Waals surface area contributed by atoms with Crippen molar-refractivity contribution in [1.82, 2.24) is 0 Å². The molecule has 0 bridgehead atoms. The van der Waals surface area contributed by atoms with E-state index in [2.05, 4.69) is 53.4 Å². The number of benzene rings is 1. The number of anilines is 1. The van der Waals surface area contributed by atoms with E-state index in [0.29, 0.717) is 24.0 Å². The fraction of sp³-hybridized carbons (Fsp3) is 0.836. The predicted molar refractivity (Wildman–Crippen MR) is 262 cm³/mol. The summed E-state index contributed by atoms with van der Waals surface area (Å²) in [6, 6.07) is 7.62. The van der Waals surface area contributed by atoms with Crippen LogP contribution in [0, 0.1) is 56.7 Å². The lowest BCUT2D eigenvalue weighted by atomic mass is 9.32. The van der Waals surface area contributed by atoms with Gasteiger partial charge in [0.2, 0.25) is 5.91 Å². The van der Waals surface area contributed by atoms with E-state index in [1.54, 1.807) is 7.11 Å². The van der Waals surface area contributed by atoms with Gasteiger partial charge in [-0.1, -0.05) is 52.8 Å². The summed E-state index contributed by atoms with van der Waals surface area (Å²) in [5, 5.41) is 90.5. The van der Waals surface area contributed by atoms with E-state index in [1.165, 1.54) is 19.4 Å². The molecule has 3 aliphatic heterocycles. The smallest absolute Gasteiger partial charge is 0.230 e. The first kappa shape index (κ1) is 54.5. The molecule has 0 radical (unpaired) electrons. The second-order valence-electron chi connectivity index (χ2n) is 24.8. The Balaban J connectivity index is 0.966. The summed E-state index contributed by atoms with van der Waals surface area (Å²) in [6.07, 6.45) is -13.3. The van der Waals surface area contributed by atoms with Crippen LogP contribution >= 0.6 is 0 Å². The molecule has 9 N–H and O–H groups in total. The van der Waals surface area contributed by atoms with Crippen LogP contribution in [-0.4, -0.2) is 159 Å². The molecule has 1 amide bonds. The Hall–Kier alpha value is -2.33. The lowest BCUT2D eigenvalue weighted by Gasteiger charge is -2.73. The molecule has 5 aliphatic carbocycles. The number of ether oxygens (including phenoxy) is 7. The number of methoxy groups -OCH3 is 1. The van der Waals surface area contributed by atoms with Crippen LogP contribution in [0.1, 0.15) is 120 Å². The number of carbonyl (C=O) groups is 1. The van der Waals surface area contributed by atoms with Crippen molar-refractivity contribution in [3.8, 4) is 5.75 Å². The van der Waals surface area contributed by atoms with E-state index in [9.17, 15) is 45.6 Å². The number of carbonyl (C=O) groups excluding carboxylic acids is 1. The molecule has 0 unspecified atom stereocenters. The first-order valence-electron chi connectivity index (χ1n) is 26.8. The molecular weight excluding hydrogens is 931 g/mol. The van der Waals surface area contributed by atoms with Crippen molar-refractivity contribution >= 4 is 11.6 Å². The fourth-order valence-corrected chi connectivity index (χ4v) is 16.9. The highest BCUT2D eigenvalue weighted by molar-refractivity contribution is 5.96. The molecule has 17 nitrogen and oxygen atoms in total. The third-order valence-corrected chi connectivity index (χ3v) is 21.1. The molecule has 17 heteroatoms. The molecule has 9 rings (SSSR count). The quantitative estimate of drug-likeness (QED) is 0.111. The van der Waals surface area contributed by atoms with E-state index < -0.39 is 116 Å². The number of aliphatic hydroxyl groups is 8. The molecule has 0 spiro atoms. The number of nitrogens with one attached hydrogen (secondary N) is 1. The monoisotopic (exact) mass is 1020 g/mol. The van der Waals surface area contributed by atoms with Crippen LogP contribution in [0.3, 0.4) is 0 Å². The zero-order chi connectivity index (χ0) is 52.2. The van der Waals surface area contributed by atoms with Gasteiger partial charge in [-0.25, -0.2) is 0 Å². The molecule has 25 atom stereocenters. The Morgan fingerprint density at radius 3 is 1.94 bits per heavy atom. The minimum atomic E-state index is -1.74. The van der Waals surface area contributed by atoms with Crippen LogP contribution in [0.5, 0.6) is 5.75 Å². The topological polar surface area (TPSA) is 256 Å². The summed E-state index contributed by atoms with van der Waals surface area (Å²) in [5.74, 6) is 2.20. The van der Waals surface area contributed by atoms with Crippen molar-refractivity contribution in [3.63, 3.8) is 0 Å². The van der Waals surface area contributed by atoms with Gasteiger partial charge in [0.25, 0.3) is 0 Å². The Morgan fingerprint density at radius 1 is 0.694 bits per heavy atom. The van der Waals surface area contributed by atoms with Crippen LogP contribution in [0.25, 0.3) is 0 Å². The molecule has 3 heterocycles. The molecule has 0 aromatic heterocycles. The predicted octanol–water partition coefficient (Wildman–Crippen LogP) is 4.18. The van der Waals surface area contributed by atoms with Gasteiger partial charge < -0.3 is 79.3 Å². The van der Waals surface area contributed by atoms with E-state index in [0.717, 1.165) is 63.5 Å². The zero-order valence-corrected chi connectivity index (χ0v) is 43.8. The van der Waals surface area contributed by atoms with Gasteiger partial charge in [-0.15, -0.1) is 0 Å². The number of hydrogen-bond acceptors (Lipinski definition) is 16. The van der Waals surface area contributed by atoms with E-state index in [-0.39, 0.29) is 39.9 Å². The van der Waals surface area contributed by atoms with Crippen molar-refractivity contribution < 1.29 is 78.8 Å². The second kappa shape index (κ2) is 19.9. The maximum absolute atomic E-state index is 14.8. The van der Waals surface area contributed by atoms with Gasteiger partial charge in [-0.05, 0) is 148 Å². The van der Waals surface area contributed by atoms with Gasteiger partial charge in [0, 0.05) is 11.8 Å². The summed E-state index contributed by atoms with van der Waals surface area (Å²) >= 11 is 0. The van der Waals surface area contributed by atoms with Gasteiger partial charge in [0.05, 0.1) is 37.4 Å². The molecule has 406 valence electrons. The average Bonchev–Trinajstić information content (AvgIpc) is 3.75. The first-order chi connectivity index (χ1) is 33.9. The molecular formula is C55H85NO16. The first-order valence-corrected chi connectivity index (χ1v) is 26.8. The summed E-state index contributed by atoms with van der Waals surface area (Å²) < 4.78 is 42.9. The van der Waals surface area contributed by atoms with Gasteiger partial charge in [0.1, 0.15) is 66.8 Å². The summed E-state index contributed by atoms with van der Waals surface area (Å²) in [7, 11) is 1.63. The van der Waals surface area contributed by atoms with E-state index in [4.69, 9.17) is 33.2 Å². The Morgan fingerprint density at radius 2 is 1.33 bits per heavy atom. The molecule has 8 aliphatic rings. The van der Waals surface area contributed by atoms with Crippen molar-refractivity contribution in [2.24, 2.45) is 56.7 Å². The number of aliphatic hydroxyl groups excluding tert-OH is 8. The normalized spacial score (nSPS) is 50.9. The minimum absolute atomic E-state index is 0.0147. The van der Waals surface area contributed by atoms with Gasteiger partial charge in [0.15, 0.2) is 18.9 Å². The van der Waals surface area contributed by atoms with E-state index >= 15 is 0 Å². The highest BCUT2D eigenvalue weighted by atomic mass is 16.8. The van der Waals surface area contributed by atoms with Crippen LogP contribution in [0.4, 0.5) is 5.69 Å². The van der Waals surface area contributed by atoms with Gasteiger partial charge in [-0.3, -0.25) is 4.79 Å². The summed E-state index contributed by atoms with van der Waals surface area (Å²) in [4.78, 5) is 14.8. The SMILES string of the molecule is C=C(C)[C@@H]1CC[C@]2(C(=O)Nc3cccc(OC)c3)CC[C@]3(C)[C@H](CC[C@@H]4[C@@]5(C)CC[C@H](O[C@@H]6O[C@H](CO)[C@@H](O[C@@H]7O[C@@H](C)[C@H](O)[C@@H](O)[C@H]7O)[C@H](O)[C@H]6O[C@@H]6O[C@@H](C)[C@H](O)[C@@H](O)[C@H]6O)C(C)(C)[C@@H]5CC[C@]43C)[C@@H]12. The third-order valence-electron chi connectivity index (χ3n) is 21.1.